The highest BCUT2D eigenvalue weighted by Crippen LogP contribution is 2.33. The highest BCUT2D eigenvalue weighted by molar-refractivity contribution is 7.11. The summed E-state index contributed by atoms with van der Waals surface area (Å²) in [5.74, 6) is -0.556. The van der Waals surface area contributed by atoms with Gasteiger partial charge in [0.05, 0.1) is 12.1 Å². The fourth-order valence-electron chi connectivity index (χ4n) is 3.44. The molecule has 0 radical (unpaired) electrons. The number of thiophene rings is 1. The molecule has 140 valence electrons. The number of aryl methyl sites for hydroxylation is 2. The topological polar surface area (TPSA) is 49.4 Å². The molecule has 0 saturated heterocycles. The van der Waals surface area contributed by atoms with E-state index in [1.54, 1.807) is 0 Å². The fourth-order valence-corrected chi connectivity index (χ4v) is 4.21. The van der Waals surface area contributed by atoms with Crippen molar-refractivity contribution in [2.24, 2.45) is 0 Å². The van der Waals surface area contributed by atoms with Gasteiger partial charge in [0.25, 0.3) is 11.8 Å². The summed E-state index contributed by atoms with van der Waals surface area (Å²) < 4.78 is 0. The molecule has 0 fully saturated rings. The van der Waals surface area contributed by atoms with Crippen molar-refractivity contribution in [3.8, 4) is 0 Å². The van der Waals surface area contributed by atoms with Crippen LogP contribution in [0, 0.1) is 13.8 Å². The standard InChI is InChI=1S/C23H20N2O2S/c1-15-11-16(2)13-18(12-15)24-21-20(19-9-6-10-28-19)22(26)25(23(21)27)14-17-7-4-3-5-8-17/h3-13,24H,14H2,1-2H3. The average Bonchev–Trinajstić information content (AvgIpc) is 3.25. The predicted octanol–water partition coefficient (Wildman–Crippen LogP) is 4.76. The monoisotopic (exact) mass is 388 g/mol. The number of carbonyl (C=O) groups excluding carboxylic acids is 2. The lowest BCUT2D eigenvalue weighted by Gasteiger charge is -2.15. The van der Waals surface area contributed by atoms with E-state index in [1.165, 1.54) is 16.2 Å². The second-order valence-electron chi connectivity index (χ2n) is 6.91. The maximum Gasteiger partial charge on any atom is 0.278 e. The van der Waals surface area contributed by atoms with E-state index in [-0.39, 0.29) is 18.4 Å². The third kappa shape index (κ3) is 3.49. The quantitative estimate of drug-likeness (QED) is 0.641. The van der Waals surface area contributed by atoms with Gasteiger partial charge in [0.15, 0.2) is 0 Å². The molecule has 0 atom stereocenters. The normalized spacial score (nSPS) is 14.1. The van der Waals surface area contributed by atoms with E-state index in [4.69, 9.17) is 0 Å². The van der Waals surface area contributed by atoms with E-state index in [0.717, 1.165) is 27.3 Å². The Morgan fingerprint density at radius 3 is 2.25 bits per heavy atom. The molecule has 0 spiro atoms. The van der Waals surface area contributed by atoms with Crippen LogP contribution in [0.15, 0.2) is 71.7 Å². The molecule has 0 unspecified atom stereocenters. The van der Waals surface area contributed by atoms with Crippen LogP contribution in [-0.2, 0) is 16.1 Å². The van der Waals surface area contributed by atoms with Crippen molar-refractivity contribution in [1.29, 1.82) is 0 Å². The molecule has 28 heavy (non-hydrogen) atoms. The number of hydrogen-bond donors (Lipinski definition) is 1. The van der Waals surface area contributed by atoms with Gasteiger partial charge < -0.3 is 5.32 Å². The molecule has 4 nitrogen and oxygen atoms in total. The van der Waals surface area contributed by atoms with Gasteiger partial charge in [-0.15, -0.1) is 11.3 Å². The van der Waals surface area contributed by atoms with Crippen LogP contribution in [0.4, 0.5) is 5.69 Å². The Labute approximate surface area is 168 Å². The zero-order valence-electron chi connectivity index (χ0n) is 15.7. The summed E-state index contributed by atoms with van der Waals surface area (Å²) in [5, 5.41) is 5.14. The largest absolute Gasteiger partial charge is 0.350 e. The number of nitrogens with zero attached hydrogens (tertiary/aromatic N) is 1. The summed E-state index contributed by atoms with van der Waals surface area (Å²) in [7, 11) is 0. The van der Waals surface area contributed by atoms with Crippen LogP contribution in [-0.4, -0.2) is 16.7 Å². The molecule has 1 aliphatic rings. The summed E-state index contributed by atoms with van der Waals surface area (Å²) in [6, 6.07) is 19.3. The van der Waals surface area contributed by atoms with Crippen molar-refractivity contribution < 1.29 is 9.59 Å². The number of anilines is 1. The first-order valence-electron chi connectivity index (χ1n) is 9.06. The van der Waals surface area contributed by atoms with E-state index < -0.39 is 0 Å². The molecule has 1 aliphatic heterocycles. The lowest BCUT2D eigenvalue weighted by atomic mass is 10.1. The summed E-state index contributed by atoms with van der Waals surface area (Å²) >= 11 is 1.46. The number of rotatable bonds is 5. The Kier molecular flexibility index (Phi) is 4.84. The Morgan fingerprint density at radius 2 is 1.61 bits per heavy atom. The second-order valence-corrected chi connectivity index (χ2v) is 7.86. The molecule has 5 heteroatoms. The zero-order valence-corrected chi connectivity index (χ0v) is 16.5. The number of carbonyl (C=O) groups is 2. The third-order valence-corrected chi connectivity index (χ3v) is 5.50. The lowest BCUT2D eigenvalue weighted by Crippen LogP contribution is -2.31. The van der Waals surface area contributed by atoms with Crippen LogP contribution in [0.25, 0.3) is 5.57 Å². The van der Waals surface area contributed by atoms with Crippen molar-refractivity contribution in [2.45, 2.75) is 20.4 Å². The lowest BCUT2D eigenvalue weighted by molar-refractivity contribution is -0.137. The van der Waals surface area contributed by atoms with E-state index in [0.29, 0.717) is 11.3 Å². The number of hydrogen-bond acceptors (Lipinski definition) is 4. The summed E-state index contributed by atoms with van der Waals surface area (Å²) in [6.45, 7) is 4.28. The number of benzene rings is 2. The van der Waals surface area contributed by atoms with Crippen LogP contribution in [0.2, 0.25) is 0 Å². The van der Waals surface area contributed by atoms with Gasteiger partial charge in [-0.3, -0.25) is 14.5 Å². The number of amides is 2. The first-order chi connectivity index (χ1) is 13.5. The van der Waals surface area contributed by atoms with E-state index >= 15 is 0 Å². The van der Waals surface area contributed by atoms with Crippen LogP contribution in [0.5, 0.6) is 0 Å². The van der Waals surface area contributed by atoms with Crippen molar-refractivity contribution in [3.63, 3.8) is 0 Å². The molecule has 0 aliphatic carbocycles. The van der Waals surface area contributed by atoms with E-state index in [1.807, 2.05) is 73.8 Å². The van der Waals surface area contributed by atoms with Crippen molar-refractivity contribution in [1.82, 2.24) is 4.90 Å². The Morgan fingerprint density at radius 1 is 0.893 bits per heavy atom. The highest BCUT2D eigenvalue weighted by atomic mass is 32.1. The fraction of sp³-hybridized carbons (Fsp3) is 0.130. The van der Waals surface area contributed by atoms with Gasteiger partial charge in [0.1, 0.15) is 5.70 Å². The van der Waals surface area contributed by atoms with Gasteiger partial charge >= 0.3 is 0 Å². The third-order valence-electron chi connectivity index (χ3n) is 4.61. The van der Waals surface area contributed by atoms with Crippen molar-refractivity contribution in [3.05, 3.63) is 93.3 Å². The average molecular weight is 388 g/mol. The molecule has 1 aromatic heterocycles. The van der Waals surface area contributed by atoms with E-state index in [9.17, 15) is 9.59 Å². The smallest absolute Gasteiger partial charge is 0.278 e. The Hall–Kier alpha value is -3.18. The molecule has 3 aromatic rings. The maximum absolute atomic E-state index is 13.2. The first-order valence-corrected chi connectivity index (χ1v) is 9.94. The second kappa shape index (κ2) is 7.44. The van der Waals surface area contributed by atoms with Gasteiger partial charge in [-0.05, 0) is 54.1 Å². The first kappa shape index (κ1) is 18.2. The molecular formula is C23H20N2O2S. The predicted molar refractivity (Wildman–Crippen MR) is 113 cm³/mol. The van der Waals surface area contributed by atoms with Crippen molar-refractivity contribution >= 4 is 34.4 Å². The molecule has 4 rings (SSSR count). The minimum absolute atomic E-state index is 0.255. The molecule has 0 bridgehead atoms. The van der Waals surface area contributed by atoms with Crippen LogP contribution in [0.3, 0.4) is 0 Å². The molecule has 1 N–H and O–H groups in total. The summed E-state index contributed by atoms with van der Waals surface area (Å²) in [4.78, 5) is 28.5. The van der Waals surface area contributed by atoms with Gasteiger partial charge in [0.2, 0.25) is 0 Å². The van der Waals surface area contributed by atoms with Gasteiger partial charge in [-0.1, -0.05) is 42.5 Å². The van der Waals surface area contributed by atoms with E-state index in [2.05, 4.69) is 11.4 Å². The zero-order chi connectivity index (χ0) is 19.7. The van der Waals surface area contributed by atoms with Gasteiger partial charge in [0, 0.05) is 10.6 Å². The summed E-state index contributed by atoms with van der Waals surface area (Å²) in [6.07, 6.45) is 0. The maximum atomic E-state index is 13.2. The van der Waals surface area contributed by atoms with Crippen LogP contribution < -0.4 is 5.32 Å². The Balaban J connectivity index is 1.73. The van der Waals surface area contributed by atoms with Gasteiger partial charge in [-0.2, -0.15) is 0 Å². The van der Waals surface area contributed by atoms with Gasteiger partial charge in [-0.25, -0.2) is 0 Å². The van der Waals surface area contributed by atoms with Crippen LogP contribution >= 0.6 is 11.3 Å². The highest BCUT2D eigenvalue weighted by Gasteiger charge is 2.39. The van der Waals surface area contributed by atoms with Crippen LogP contribution in [0.1, 0.15) is 21.6 Å². The molecule has 2 aromatic carbocycles. The molecule has 2 heterocycles. The SMILES string of the molecule is Cc1cc(C)cc(NC2=C(c3cccs3)C(=O)N(Cc3ccccc3)C2=O)c1. The van der Waals surface area contributed by atoms with Crippen molar-refractivity contribution in [2.75, 3.05) is 5.32 Å². The number of nitrogens with one attached hydrogen (secondary N) is 1. The minimum Gasteiger partial charge on any atom is -0.350 e. The molecule has 2 amide bonds. The summed E-state index contributed by atoms with van der Waals surface area (Å²) in [5.41, 5.74) is 4.70. The Bertz CT molecular complexity index is 1050. The molecule has 0 saturated carbocycles. The molecular weight excluding hydrogens is 368 g/mol. The number of imide groups is 1. The minimum atomic E-state index is -0.295.